The average molecular weight is 316 g/mol. The first-order chi connectivity index (χ1) is 11.2. The van der Waals surface area contributed by atoms with Gasteiger partial charge in [0.1, 0.15) is 0 Å². The van der Waals surface area contributed by atoms with E-state index in [1.165, 1.54) is 18.4 Å². The van der Waals surface area contributed by atoms with Gasteiger partial charge in [-0.15, -0.1) is 0 Å². The Balaban J connectivity index is 1.52. The highest BCUT2D eigenvalue weighted by atomic mass is 16.3. The Morgan fingerprint density at radius 3 is 2.48 bits per heavy atom. The van der Waals surface area contributed by atoms with Gasteiger partial charge in [-0.1, -0.05) is 30.3 Å². The third kappa shape index (κ3) is 3.93. The number of carbonyl (C=O) groups is 1. The molecule has 1 amide bonds. The van der Waals surface area contributed by atoms with Gasteiger partial charge in [-0.05, 0) is 38.2 Å². The van der Waals surface area contributed by atoms with Crippen molar-refractivity contribution >= 4 is 5.91 Å². The fraction of sp³-hybridized carbons (Fsp3) is 0.632. The standard InChI is InChI=1S/C19H28N2O2/c1-2-20(14-15-6-4-3-5-7-15)19(23)10-11-21-16-8-9-17(21)13-18(22)12-16/h3-7,16-18,22H,2,8-14H2,1H3/t16-,17+,18?. The quantitative estimate of drug-likeness (QED) is 0.876. The van der Waals surface area contributed by atoms with E-state index in [0.717, 1.165) is 25.9 Å². The Bertz CT molecular complexity index is 505. The van der Waals surface area contributed by atoms with E-state index in [4.69, 9.17) is 0 Å². The minimum absolute atomic E-state index is 0.135. The molecule has 1 aromatic rings. The van der Waals surface area contributed by atoms with Crippen LogP contribution >= 0.6 is 0 Å². The first kappa shape index (κ1) is 16.5. The number of piperidine rings is 1. The summed E-state index contributed by atoms with van der Waals surface area (Å²) in [5.74, 6) is 0.238. The van der Waals surface area contributed by atoms with Crippen molar-refractivity contribution in [3.63, 3.8) is 0 Å². The zero-order valence-corrected chi connectivity index (χ0v) is 14.0. The van der Waals surface area contributed by atoms with E-state index in [1.807, 2.05) is 30.0 Å². The van der Waals surface area contributed by atoms with Crippen molar-refractivity contribution in [1.82, 2.24) is 9.80 Å². The fourth-order valence-electron chi connectivity index (χ4n) is 4.17. The number of carbonyl (C=O) groups excluding carboxylic acids is 1. The molecule has 3 rings (SSSR count). The summed E-state index contributed by atoms with van der Waals surface area (Å²) < 4.78 is 0. The number of benzene rings is 1. The van der Waals surface area contributed by atoms with Gasteiger partial charge in [-0.2, -0.15) is 0 Å². The molecule has 2 aliphatic heterocycles. The van der Waals surface area contributed by atoms with Crippen LogP contribution in [0.4, 0.5) is 0 Å². The summed E-state index contributed by atoms with van der Waals surface area (Å²) in [6.45, 7) is 4.33. The average Bonchev–Trinajstić information content (AvgIpc) is 2.81. The van der Waals surface area contributed by atoms with Crippen LogP contribution in [-0.2, 0) is 11.3 Å². The lowest BCUT2D eigenvalue weighted by Gasteiger charge is -2.37. The molecule has 2 aliphatic rings. The lowest BCUT2D eigenvalue weighted by molar-refractivity contribution is -0.132. The molecular formula is C19H28N2O2. The number of fused-ring (bicyclic) bond motifs is 2. The summed E-state index contributed by atoms with van der Waals surface area (Å²) in [6.07, 6.45) is 4.57. The van der Waals surface area contributed by atoms with E-state index in [2.05, 4.69) is 17.0 Å². The Hall–Kier alpha value is -1.39. The predicted octanol–water partition coefficient (Wildman–Crippen LogP) is 2.41. The van der Waals surface area contributed by atoms with Crippen LogP contribution in [0.5, 0.6) is 0 Å². The molecule has 0 spiro atoms. The summed E-state index contributed by atoms with van der Waals surface area (Å²) in [4.78, 5) is 17.0. The lowest BCUT2D eigenvalue weighted by atomic mass is 9.99. The topological polar surface area (TPSA) is 43.8 Å². The van der Waals surface area contributed by atoms with Crippen molar-refractivity contribution in [2.45, 2.75) is 63.8 Å². The van der Waals surface area contributed by atoms with Gasteiger partial charge in [0, 0.05) is 38.1 Å². The van der Waals surface area contributed by atoms with Crippen LogP contribution in [0.25, 0.3) is 0 Å². The van der Waals surface area contributed by atoms with Crippen molar-refractivity contribution in [3.05, 3.63) is 35.9 Å². The molecule has 1 unspecified atom stereocenters. The number of hydrogen-bond donors (Lipinski definition) is 1. The zero-order chi connectivity index (χ0) is 16.2. The highest BCUT2D eigenvalue weighted by Crippen LogP contribution is 2.35. The maximum atomic E-state index is 12.6. The van der Waals surface area contributed by atoms with Crippen LogP contribution in [0, 0.1) is 0 Å². The molecule has 1 N–H and O–H groups in total. The maximum Gasteiger partial charge on any atom is 0.224 e. The molecule has 2 heterocycles. The van der Waals surface area contributed by atoms with Crippen molar-refractivity contribution in [2.24, 2.45) is 0 Å². The van der Waals surface area contributed by atoms with Gasteiger partial charge < -0.3 is 10.0 Å². The van der Waals surface area contributed by atoms with E-state index in [9.17, 15) is 9.90 Å². The van der Waals surface area contributed by atoms with E-state index in [-0.39, 0.29) is 12.0 Å². The second kappa shape index (κ2) is 7.45. The van der Waals surface area contributed by atoms with Crippen LogP contribution in [0.2, 0.25) is 0 Å². The Morgan fingerprint density at radius 2 is 1.87 bits per heavy atom. The molecular weight excluding hydrogens is 288 g/mol. The molecule has 0 aliphatic carbocycles. The summed E-state index contributed by atoms with van der Waals surface area (Å²) in [7, 11) is 0. The number of rotatable bonds is 6. The van der Waals surface area contributed by atoms with Gasteiger partial charge in [-0.3, -0.25) is 9.69 Å². The second-order valence-corrected chi connectivity index (χ2v) is 6.89. The molecule has 0 radical (unpaired) electrons. The summed E-state index contributed by atoms with van der Waals surface area (Å²) >= 11 is 0. The van der Waals surface area contributed by atoms with E-state index in [1.54, 1.807) is 0 Å². The predicted molar refractivity (Wildman–Crippen MR) is 90.9 cm³/mol. The highest BCUT2D eigenvalue weighted by molar-refractivity contribution is 5.76. The van der Waals surface area contributed by atoms with E-state index in [0.29, 0.717) is 25.0 Å². The Morgan fingerprint density at radius 1 is 1.22 bits per heavy atom. The molecule has 0 aromatic heterocycles. The van der Waals surface area contributed by atoms with Crippen molar-refractivity contribution in [1.29, 1.82) is 0 Å². The minimum Gasteiger partial charge on any atom is -0.393 e. The summed E-state index contributed by atoms with van der Waals surface area (Å²) in [5.41, 5.74) is 1.18. The van der Waals surface area contributed by atoms with Gasteiger partial charge in [0.15, 0.2) is 0 Å². The van der Waals surface area contributed by atoms with Gasteiger partial charge in [0.25, 0.3) is 0 Å². The van der Waals surface area contributed by atoms with Gasteiger partial charge in [0.2, 0.25) is 5.91 Å². The van der Waals surface area contributed by atoms with Crippen molar-refractivity contribution in [2.75, 3.05) is 13.1 Å². The minimum atomic E-state index is -0.135. The molecule has 4 nitrogen and oxygen atoms in total. The molecule has 126 valence electrons. The van der Waals surface area contributed by atoms with Crippen LogP contribution in [0.15, 0.2) is 30.3 Å². The van der Waals surface area contributed by atoms with Crippen molar-refractivity contribution < 1.29 is 9.90 Å². The normalized spacial score (nSPS) is 27.1. The summed E-state index contributed by atoms with van der Waals surface area (Å²) in [5, 5.41) is 9.87. The van der Waals surface area contributed by atoms with Crippen LogP contribution in [-0.4, -0.2) is 52.1 Å². The van der Waals surface area contributed by atoms with Crippen LogP contribution < -0.4 is 0 Å². The van der Waals surface area contributed by atoms with Crippen LogP contribution in [0.1, 0.15) is 44.6 Å². The SMILES string of the molecule is CCN(Cc1ccccc1)C(=O)CCN1[C@@H]2CC[C@H]1CC(O)C2. The molecule has 2 saturated heterocycles. The van der Waals surface area contributed by atoms with Gasteiger partial charge >= 0.3 is 0 Å². The Labute approximate surface area is 139 Å². The first-order valence-corrected chi connectivity index (χ1v) is 8.93. The zero-order valence-electron chi connectivity index (χ0n) is 14.0. The maximum absolute atomic E-state index is 12.6. The van der Waals surface area contributed by atoms with Crippen molar-refractivity contribution in [3.8, 4) is 0 Å². The number of amides is 1. The lowest BCUT2D eigenvalue weighted by Crippen LogP contribution is -2.46. The molecule has 2 bridgehead atoms. The number of nitrogens with zero attached hydrogens (tertiary/aromatic N) is 2. The van der Waals surface area contributed by atoms with E-state index >= 15 is 0 Å². The largest absolute Gasteiger partial charge is 0.393 e. The molecule has 3 atom stereocenters. The number of aliphatic hydroxyl groups is 1. The second-order valence-electron chi connectivity index (χ2n) is 6.89. The van der Waals surface area contributed by atoms with Crippen LogP contribution in [0.3, 0.4) is 0 Å². The Kier molecular flexibility index (Phi) is 5.34. The molecule has 1 aromatic carbocycles. The summed E-state index contributed by atoms with van der Waals surface area (Å²) in [6, 6.07) is 11.2. The third-order valence-corrected chi connectivity index (χ3v) is 5.39. The monoisotopic (exact) mass is 316 g/mol. The number of aliphatic hydroxyl groups excluding tert-OH is 1. The number of hydrogen-bond acceptors (Lipinski definition) is 3. The molecule has 4 heteroatoms. The highest BCUT2D eigenvalue weighted by Gasteiger charge is 2.39. The van der Waals surface area contributed by atoms with E-state index < -0.39 is 0 Å². The first-order valence-electron chi connectivity index (χ1n) is 8.93. The van der Waals surface area contributed by atoms with Gasteiger partial charge in [-0.25, -0.2) is 0 Å². The molecule has 23 heavy (non-hydrogen) atoms. The fourth-order valence-corrected chi connectivity index (χ4v) is 4.17. The molecule has 2 fully saturated rings. The smallest absolute Gasteiger partial charge is 0.224 e. The van der Waals surface area contributed by atoms with Gasteiger partial charge in [0.05, 0.1) is 6.10 Å². The molecule has 0 saturated carbocycles. The third-order valence-electron chi connectivity index (χ3n) is 5.39.